The Morgan fingerprint density at radius 3 is 2.47 bits per heavy atom. The quantitative estimate of drug-likeness (QED) is 0.770. The number of likely N-dealkylation sites (N-methyl/N-ethyl adjacent to an activating group) is 1. The minimum Gasteiger partial charge on any atom is -0.342 e. The highest BCUT2D eigenvalue weighted by molar-refractivity contribution is 6.31. The molecule has 0 saturated heterocycles. The summed E-state index contributed by atoms with van der Waals surface area (Å²) in [5.41, 5.74) is 0.422. The maximum atomic E-state index is 13.3. The van der Waals surface area contributed by atoms with E-state index in [1.165, 1.54) is 12.1 Å². The van der Waals surface area contributed by atoms with Gasteiger partial charge in [0.15, 0.2) is 0 Å². The largest absolute Gasteiger partial charge is 0.342 e. The summed E-state index contributed by atoms with van der Waals surface area (Å²) in [7, 11) is 0. The third kappa shape index (κ3) is 3.33. The first-order valence-electron chi connectivity index (χ1n) is 5.39. The summed E-state index contributed by atoms with van der Waals surface area (Å²) in [5, 5.41) is -0.852. The van der Waals surface area contributed by atoms with Gasteiger partial charge in [-0.15, -0.1) is 11.6 Å². The number of hydrogen-bond donors (Lipinski definition) is 0. The number of carbonyl (C=O) groups excluding carboxylic acids is 1. The second-order valence-corrected chi connectivity index (χ2v) is 4.39. The van der Waals surface area contributed by atoms with Crippen molar-refractivity contribution in [3.63, 3.8) is 0 Å². The van der Waals surface area contributed by atoms with Crippen LogP contribution < -0.4 is 0 Å². The molecule has 0 bridgehead atoms. The van der Waals surface area contributed by atoms with Crippen LogP contribution >= 0.6 is 23.2 Å². The van der Waals surface area contributed by atoms with E-state index in [1.807, 2.05) is 13.8 Å². The zero-order chi connectivity index (χ0) is 13.0. The van der Waals surface area contributed by atoms with Crippen LogP contribution in [0.15, 0.2) is 18.2 Å². The molecule has 1 aromatic rings. The van der Waals surface area contributed by atoms with E-state index in [-0.39, 0.29) is 10.9 Å². The molecule has 1 amide bonds. The number of carbonyl (C=O) groups is 1. The van der Waals surface area contributed by atoms with E-state index in [0.29, 0.717) is 18.7 Å². The molecule has 0 aliphatic heterocycles. The van der Waals surface area contributed by atoms with Gasteiger partial charge in [-0.2, -0.15) is 0 Å². The average Bonchev–Trinajstić information content (AvgIpc) is 2.33. The molecule has 2 nitrogen and oxygen atoms in total. The number of benzene rings is 1. The summed E-state index contributed by atoms with van der Waals surface area (Å²) in [6.07, 6.45) is 0. The predicted octanol–water partition coefficient (Wildman–Crippen LogP) is 3.63. The lowest BCUT2D eigenvalue weighted by atomic mass is 10.1. The minimum absolute atomic E-state index is 0.0212. The molecular formula is C12H14Cl2FNO. The Labute approximate surface area is 110 Å². The van der Waals surface area contributed by atoms with Crippen molar-refractivity contribution in [3.8, 4) is 0 Å². The molecule has 17 heavy (non-hydrogen) atoms. The topological polar surface area (TPSA) is 20.3 Å². The van der Waals surface area contributed by atoms with E-state index in [2.05, 4.69) is 0 Å². The van der Waals surface area contributed by atoms with E-state index in [9.17, 15) is 9.18 Å². The van der Waals surface area contributed by atoms with Crippen molar-refractivity contribution in [2.75, 3.05) is 13.1 Å². The number of nitrogens with zero attached hydrogens (tertiary/aromatic N) is 1. The average molecular weight is 278 g/mol. The molecule has 0 aromatic heterocycles. The summed E-state index contributed by atoms with van der Waals surface area (Å²) in [6.45, 7) is 4.89. The van der Waals surface area contributed by atoms with Gasteiger partial charge in [0.05, 0.1) is 5.02 Å². The molecule has 0 spiro atoms. The predicted molar refractivity (Wildman–Crippen MR) is 67.9 cm³/mol. The van der Waals surface area contributed by atoms with E-state index in [1.54, 1.807) is 11.0 Å². The first-order valence-corrected chi connectivity index (χ1v) is 6.20. The molecule has 0 saturated carbocycles. The number of hydrogen-bond acceptors (Lipinski definition) is 1. The minimum atomic E-state index is -0.873. The molecular weight excluding hydrogens is 264 g/mol. The summed E-state index contributed by atoms with van der Waals surface area (Å²) < 4.78 is 13.3. The Bertz CT molecular complexity index is 407. The van der Waals surface area contributed by atoms with Gasteiger partial charge in [0.25, 0.3) is 0 Å². The van der Waals surface area contributed by atoms with E-state index in [0.717, 1.165) is 0 Å². The van der Waals surface area contributed by atoms with Crippen molar-refractivity contribution >= 4 is 29.1 Å². The van der Waals surface area contributed by atoms with E-state index < -0.39 is 11.2 Å². The lowest BCUT2D eigenvalue weighted by Crippen LogP contribution is -2.33. The Morgan fingerprint density at radius 2 is 2.00 bits per heavy atom. The molecule has 1 unspecified atom stereocenters. The molecule has 0 aliphatic carbocycles. The Hall–Kier alpha value is -0.800. The van der Waals surface area contributed by atoms with Crippen molar-refractivity contribution in [3.05, 3.63) is 34.6 Å². The smallest absolute Gasteiger partial charge is 0.245 e. The highest BCUT2D eigenvalue weighted by Gasteiger charge is 2.22. The van der Waals surface area contributed by atoms with Crippen LogP contribution in [0.3, 0.4) is 0 Å². The lowest BCUT2D eigenvalue weighted by molar-refractivity contribution is -0.130. The van der Waals surface area contributed by atoms with Crippen LogP contribution in [-0.4, -0.2) is 23.9 Å². The van der Waals surface area contributed by atoms with Crippen molar-refractivity contribution in [2.45, 2.75) is 19.2 Å². The first kappa shape index (κ1) is 14.3. The van der Waals surface area contributed by atoms with Crippen LogP contribution in [0, 0.1) is 5.82 Å². The third-order valence-corrected chi connectivity index (χ3v) is 3.27. The molecule has 1 aromatic carbocycles. The fourth-order valence-corrected chi connectivity index (χ4v) is 1.90. The van der Waals surface area contributed by atoms with E-state index >= 15 is 0 Å². The van der Waals surface area contributed by atoms with Gasteiger partial charge in [-0.05, 0) is 31.5 Å². The summed E-state index contributed by atoms with van der Waals surface area (Å²) >= 11 is 11.6. The van der Waals surface area contributed by atoms with Gasteiger partial charge < -0.3 is 4.90 Å². The van der Waals surface area contributed by atoms with Crippen LogP contribution in [0.5, 0.6) is 0 Å². The third-order valence-electron chi connectivity index (χ3n) is 2.53. The number of alkyl halides is 1. The lowest BCUT2D eigenvalue weighted by Gasteiger charge is -2.21. The summed E-state index contributed by atoms with van der Waals surface area (Å²) in [5.74, 6) is -0.791. The van der Waals surface area contributed by atoms with Crippen LogP contribution in [0.2, 0.25) is 5.02 Å². The highest BCUT2D eigenvalue weighted by atomic mass is 35.5. The zero-order valence-electron chi connectivity index (χ0n) is 9.71. The maximum absolute atomic E-state index is 13.3. The van der Waals surface area contributed by atoms with Gasteiger partial charge in [0.2, 0.25) is 5.91 Å². The second kappa shape index (κ2) is 6.22. The molecule has 1 atom stereocenters. The highest BCUT2D eigenvalue weighted by Crippen LogP contribution is 2.26. The first-order chi connectivity index (χ1) is 8.01. The molecule has 94 valence electrons. The molecule has 0 heterocycles. The number of amides is 1. The summed E-state index contributed by atoms with van der Waals surface area (Å²) in [4.78, 5) is 13.5. The van der Waals surface area contributed by atoms with Crippen molar-refractivity contribution in [2.24, 2.45) is 0 Å². The van der Waals surface area contributed by atoms with Crippen molar-refractivity contribution < 1.29 is 9.18 Å². The van der Waals surface area contributed by atoms with Crippen molar-refractivity contribution in [1.82, 2.24) is 4.90 Å². The molecule has 1 rings (SSSR count). The number of rotatable bonds is 4. The standard InChI is InChI=1S/C12H14Cl2FNO/c1-3-16(4-2)12(17)11(14)8-5-6-9(13)10(15)7-8/h5-7,11H,3-4H2,1-2H3. The Kier molecular flexibility index (Phi) is 5.22. The van der Waals surface area contributed by atoms with Crippen LogP contribution in [0.25, 0.3) is 0 Å². The van der Waals surface area contributed by atoms with Crippen LogP contribution in [0.4, 0.5) is 4.39 Å². The Morgan fingerprint density at radius 1 is 1.41 bits per heavy atom. The molecule has 5 heteroatoms. The van der Waals surface area contributed by atoms with Gasteiger partial charge in [-0.25, -0.2) is 4.39 Å². The van der Waals surface area contributed by atoms with Crippen LogP contribution in [0.1, 0.15) is 24.8 Å². The molecule has 0 fully saturated rings. The zero-order valence-corrected chi connectivity index (χ0v) is 11.2. The van der Waals surface area contributed by atoms with Crippen LogP contribution in [-0.2, 0) is 4.79 Å². The van der Waals surface area contributed by atoms with Gasteiger partial charge in [-0.1, -0.05) is 17.7 Å². The normalized spacial score (nSPS) is 12.3. The van der Waals surface area contributed by atoms with Gasteiger partial charge in [-0.3, -0.25) is 4.79 Å². The number of halogens is 3. The molecule has 0 aliphatic rings. The van der Waals surface area contributed by atoms with Gasteiger partial charge in [0, 0.05) is 13.1 Å². The Balaban J connectivity index is 2.92. The fourth-order valence-electron chi connectivity index (χ4n) is 1.51. The van der Waals surface area contributed by atoms with E-state index in [4.69, 9.17) is 23.2 Å². The second-order valence-electron chi connectivity index (χ2n) is 3.55. The van der Waals surface area contributed by atoms with Crippen molar-refractivity contribution in [1.29, 1.82) is 0 Å². The SMILES string of the molecule is CCN(CC)C(=O)C(Cl)c1ccc(Cl)c(F)c1. The van der Waals surface area contributed by atoms with Gasteiger partial charge in [0.1, 0.15) is 11.2 Å². The summed E-state index contributed by atoms with van der Waals surface area (Å²) in [6, 6.07) is 4.16. The monoisotopic (exact) mass is 277 g/mol. The fraction of sp³-hybridized carbons (Fsp3) is 0.417. The molecule has 0 radical (unpaired) electrons. The maximum Gasteiger partial charge on any atom is 0.245 e. The van der Waals surface area contributed by atoms with Gasteiger partial charge >= 0.3 is 0 Å². The molecule has 0 N–H and O–H groups in total.